The molecule has 0 bridgehead atoms. The molecule has 0 aliphatic heterocycles. The zero-order valence-corrected chi connectivity index (χ0v) is 15.1. The second-order valence-corrected chi connectivity index (χ2v) is 6.66. The molecule has 2 rings (SSSR count). The van der Waals surface area contributed by atoms with Gasteiger partial charge in [-0.1, -0.05) is 31.5 Å². The summed E-state index contributed by atoms with van der Waals surface area (Å²) in [5.74, 6) is 1.01. The highest BCUT2D eigenvalue weighted by atomic mass is 35.5. The zero-order valence-electron chi connectivity index (χ0n) is 13.5. The Bertz CT molecular complexity index is 476. The Morgan fingerprint density at radius 3 is 2.68 bits per heavy atom. The number of amides is 1. The molecule has 0 saturated heterocycles. The van der Waals surface area contributed by atoms with Crippen molar-refractivity contribution in [1.29, 1.82) is 0 Å². The first-order valence-corrected chi connectivity index (χ1v) is 8.53. The largest absolute Gasteiger partial charge is 0.352 e. The molecule has 0 spiro atoms. The van der Waals surface area contributed by atoms with E-state index in [4.69, 9.17) is 0 Å². The highest BCUT2D eigenvalue weighted by Gasteiger charge is 2.24. The third-order valence-corrected chi connectivity index (χ3v) is 5.27. The lowest BCUT2D eigenvalue weighted by Gasteiger charge is -2.17. The molecule has 2 N–H and O–H groups in total. The van der Waals surface area contributed by atoms with Gasteiger partial charge in [-0.2, -0.15) is 0 Å². The topological polar surface area (TPSA) is 71.8 Å². The van der Waals surface area contributed by atoms with Crippen LogP contribution in [-0.4, -0.2) is 39.0 Å². The van der Waals surface area contributed by atoms with Gasteiger partial charge in [-0.05, 0) is 26.3 Å². The first kappa shape index (κ1) is 19.3. The first-order chi connectivity index (χ1) is 10.2. The molecule has 8 heteroatoms. The van der Waals surface area contributed by atoms with Gasteiger partial charge in [0.2, 0.25) is 5.91 Å². The molecule has 1 aliphatic carbocycles. The molecule has 22 heavy (non-hydrogen) atoms. The quantitative estimate of drug-likeness (QED) is 0.737. The number of halogens is 1. The van der Waals surface area contributed by atoms with Gasteiger partial charge in [0.25, 0.3) is 0 Å². The summed E-state index contributed by atoms with van der Waals surface area (Å²) in [6, 6.07) is 0.367. The summed E-state index contributed by atoms with van der Waals surface area (Å²) < 4.78 is 1.95. The van der Waals surface area contributed by atoms with E-state index in [2.05, 4.69) is 20.8 Å². The number of rotatable bonds is 7. The molecular weight excluding hydrogens is 322 g/mol. The Kier molecular flexibility index (Phi) is 8.20. The maximum Gasteiger partial charge on any atom is 0.233 e. The van der Waals surface area contributed by atoms with E-state index in [1.165, 1.54) is 24.6 Å². The zero-order chi connectivity index (χ0) is 15.2. The number of hydrogen-bond acceptors (Lipinski definition) is 5. The van der Waals surface area contributed by atoms with Crippen LogP contribution in [0.5, 0.6) is 0 Å². The Morgan fingerprint density at radius 2 is 2.09 bits per heavy atom. The lowest BCUT2D eigenvalue weighted by atomic mass is 10.2. The number of aromatic nitrogens is 3. The van der Waals surface area contributed by atoms with E-state index in [1.807, 2.05) is 25.6 Å². The lowest BCUT2D eigenvalue weighted by Crippen LogP contribution is -2.38. The Balaban J connectivity index is 0.00000242. The predicted octanol–water partition coefficient (Wildman–Crippen LogP) is 1.89. The first-order valence-electron chi connectivity index (χ1n) is 7.65. The average molecular weight is 348 g/mol. The maximum absolute atomic E-state index is 12.4. The van der Waals surface area contributed by atoms with Gasteiger partial charge < -0.3 is 15.2 Å². The third kappa shape index (κ3) is 4.86. The summed E-state index contributed by atoms with van der Waals surface area (Å²) in [5.41, 5.74) is 0. The number of thioether (sulfide) groups is 1. The Labute approximate surface area is 142 Å². The van der Waals surface area contributed by atoms with Crippen LogP contribution in [0.3, 0.4) is 0 Å². The number of hydrogen-bond donors (Lipinski definition) is 2. The highest BCUT2D eigenvalue weighted by molar-refractivity contribution is 8.00. The molecule has 126 valence electrons. The van der Waals surface area contributed by atoms with E-state index in [9.17, 15) is 4.79 Å². The number of carbonyl (C=O) groups excluding carboxylic acids is 1. The molecule has 1 saturated carbocycles. The van der Waals surface area contributed by atoms with Gasteiger partial charge in [0.05, 0.1) is 11.8 Å². The number of carbonyl (C=O) groups is 1. The van der Waals surface area contributed by atoms with E-state index >= 15 is 0 Å². The Hall–Kier alpha value is -0.790. The van der Waals surface area contributed by atoms with Crippen LogP contribution in [0.15, 0.2) is 5.16 Å². The summed E-state index contributed by atoms with van der Waals surface area (Å²) in [4.78, 5) is 12.4. The normalized spacial score (nSPS) is 16.3. The van der Waals surface area contributed by atoms with E-state index in [0.29, 0.717) is 12.6 Å². The SMILES string of the molecule is CCC(Sc1nnc(CNC)n1C)C(=O)NC1CCCC1.Cl. The minimum absolute atomic E-state index is 0. The fourth-order valence-electron chi connectivity index (χ4n) is 2.57. The van der Waals surface area contributed by atoms with Crippen LogP contribution in [0.2, 0.25) is 0 Å². The van der Waals surface area contributed by atoms with Gasteiger partial charge >= 0.3 is 0 Å². The minimum atomic E-state index is -0.101. The molecule has 1 fully saturated rings. The molecule has 1 aromatic rings. The average Bonchev–Trinajstić information content (AvgIpc) is 3.09. The summed E-state index contributed by atoms with van der Waals surface area (Å²) in [6.45, 7) is 2.71. The van der Waals surface area contributed by atoms with Crippen molar-refractivity contribution in [2.45, 2.75) is 62.0 Å². The summed E-state index contributed by atoms with van der Waals surface area (Å²) in [5, 5.41) is 15.3. The van der Waals surface area contributed by atoms with Gasteiger partial charge in [-0.3, -0.25) is 4.79 Å². The minimum Gasteiger partial charge on any atom is -0.352 e. The predicted molar refractivity (Wildman–Crippen MR) is 91.3 cm³/mol. The van der Waals surface area contributed by atoms with Crippen LogP contribution in [-0.2, 0) is 18.4 Å². The fraction of sp³-hybridized carbons (Fsp3) is 0.786. The maximum atomic E-state index is 12.4. The van der Waals surface area contributed by atoms with Gasteiger partial charge in [0, 0.05) is 13.1 Å². The van der Waals surface area contributed by atoms with E-state index in [0.717, 1.165) is 30.2 Å². The fourth-order valence-corrected chi connectivity index (χ4v) is 3.52. The van der Waals surface area contributed by atoms with Crippen LogP contribution >= 0.6 is 24.2 Å². The van der Waals surface area contributed by atoms with Gasteiger partial charge in [-0.15, -0.1) is 22.6 Å². The number of nitrogens with one attached hydrogen (secondary N) is 2. The molecule has 1 unspecified atom stereocenters. The second-order valence-electron chi connectivity index (χ2n) is 5.49. The molecule has 6 nitrogen and oxygen atoms in total. The molecular formula is C14H26ClN5OS. The van der Waals surface area contributed by atoms with Crippen LogP contribution in [0.25, 0.3) is 0 Å². The summed E-state index contributed by atoms with van der Waals surface area (Å²) >= 11 is 1.50. The van der Waals surface area contributed by atoms with E-state index in [1.54, 1.807) is 0 Å². The third-order valence-electron chi connectivity index (χ3n) is 3.87. The van der Waals surface area contributed by atoms with Crippen molar-refractivity contribution < 1.29 is 4.79 Å². The van der Waals surface area contributed by atoms with E-state index < -0.39 is 0 Å². The van der Waals surface area contributed by atoms with Crippen LogP contribution in [0, 0.1) is 0 Å². The van der Waals surface area contributed by atoms with Gasteiger partial charge in [0.15, 0.2) is 5.16 Å². The molecule has 1 atom stereocenters. The van der Waals surface area contributed by atoms with Crippen molar-refractivity contribution in [3.63, 3.8) is 0 Å². The Morgan fingerprint density at radius 1 is 1.41 bits per heavy atom. The monoisotopic (exact) mass is 347 g/mol. The van der Waals surface area contributed by atoms with Crippen LogP contribution < -0.4 is 10.6 Å². The molecule has 1 aromatic heterocycles. The molecule has 0 radical (unpaired) electrons. The van der Waals surface area contributed by atoms with Crippen molar-refractivity contribution in [1.82, 2.24) is 25.4 Å². The van der Waals surface area contributed by atoms with Crippen molar-refractivity contribution in [2.24, 2.45) is 7.05 Å². The number of nitrogens with zero attached hydrogens (tertiary/aromatic N) is 3. The standard InChI is InChI=1S/C14H25N5OS.ClH/c1-4-11(13(20)16-10-7-5-6-8-10)21-14-18-17-12(9-15-2)19(14)3;/h10-11,15H,4-9H2,1-3H3,(H,16,20);1H. The van der Waals surface area contributed by atoms with Crippen molar-refractivity contribution in [3.8, 4) is 0 Å². The molecule has 1 heterocycles. The smallest absolute Gasteiger partial charge is 0.233 e. The molecule has 1 amide bonds. The summed E-state index contributed by atoms with van der Waals surface area (Å²) in [6.07, 6.45) is 5.47. The van der Waals surface area contributed by atoms with Crippen molar-refractivity contribution in [2.75, 3.05) is 7.05 Å². The van der Waals surface area contributed by atoms with Crippen molar-refractivity contribution >= 4 is 30.1 Å². The molecule has 1 aliphatic rings. The lowest BCUT2D eigenvalue weighted by molar-refractivity contribution is -0.121. The van der Waals surface area contributed by atoms with Crippen LogP contribution in [0.1, 0.15) is 44.9 Å². The van der Waals surface area contributed by atoms with Crippen molar-refractivity contribution in [3.05, 3.63) is 5.82 Å². The highest BCUT2D eigenvalue weighted by Crippen LogP contribution is 2.25. The second kappa shape index (κ2) is 9.37. The van der Waals surface area contributed by atoms with Gasteiger partial charge in [-0.25, -0.2) is 0 Å². The summed E-state index contributed by atoms with van der Waals surface area (Å²) in [7, 11) is 3.82. The van der Waals surface area contributed by atoms with Crippen LogP contribution in [0.4, 0.5) is 0 Å². The van der Waals surface area contributed by atoms with Gasteiger partial charge in [0.1, 0.15) is 5.82 Å². The molecule has 0 aromatic carbocycles. The van der Waals surface area contributed by atoms with E-state index in [-0.39, 0.29) is 23.6 Å².